The van der Waals surface area contributed by atoms with Crippen LogP contribution in [-0.4, -0.2) is 46.7 Å². The van der Waals surface area contributed by atoms with Crippen LogP contribution in [0.1, 0.15) is 17.5 Å². The van der Waals surface area contributed by atoms with Gasteiger partial charge in [0.2, 0.25) is 0 Å². The van der Waals surface area contributed by atoms with E-state index in [9.17, 15) is 27.9 Å². The summed E-state index contributed by atoms with van der Waals surface area (Å²) in [6.07, 6.45) is -5.52. The quantitative estimate of drug-likeness (QED) is 0.544. The van der Waals surface area contributed by atoms with Crippen molar-refractivity contribution in [2.24, 2.45) is 0 Å². The van der Waals surface area contributed by atoms with E-state index in [0.29, 0.717) is 27.8 Å². The zero-order valence-electron chi connectivity index (χ0n) is 18.6. The Labute approximate surface area is 198 Å². The second-order valence-corrected chi connectivity index (χ2v) is 8.02. The van der Waals surface area contributed by atoms with Gasteiger partial charge in [0.1, 0.15) is 29.2 Å². The first-order valence-electron chi connectivity index (χ1n) is 10.7. The Bertz CT molecular complexity index is 1250. The Morgan fingerprint density at radius 3 is 2.40 bits per heavy atom. The predicted molar refractivity (Wildman–Crippen MR) is 120 cm³/mol. The lowest BCUT2D eigenvalue weighted by molar-refractivity contribution is -0.139. The number of carboxylic acid groups (broad SMARTS) is 1. The van der Waals surface area contributed by atoms with Gasteiger partial charge >= 0.3 is 12.1 Å². The van der Waals surface area contributed by atoms with E-state index in [0.717, 1.165) is 0 Å². The Kier molecular flexibility index (Phi) is 6.68. The predicted octanol–water partition coefficient (Wildman–Crippen LogP) is 3.43. The molecular weight excluding hydrogens is 467 g/mol. The van der Waals surface area contributed by atoms with Crippen LogP contribution in [0.2, 0.25) is 0 Å². The molecule has 0 bridgehead atoms. The molecule has 0 amide bonds. The van der Waals surface area contributed by atoms with Crippen LogP contribution in [0.5, 0.6) is 11.5 Å². The van der Waals surface area contributed by atoms with Crippen molar-refractivity contribution < 1.29 is 32.5 Å². The minimum Gasteiger partial charge on any atom is -0.497 e. The molecule has 3 aromatic rings. The summed E-state index contributed by atoms with van der Waals surface area (Å²) in [5.41, 5.74) is -2.22. The first kappa shape index (κ1) is 24.1. The van der Waals surface area contributed by atoms with E-state index < -0.39 is 35.4 Å². The van der Waals surface area contributed by atoms with Crippen LogP contribution in [0.3, 0.4) is 0 Å². The van der Waals surface area contributed by atoms with Gasteiger partial charge in [-0.15, -0.1) is 0 Å². The van der Waals surface area contributed by atoms with Gasteiger partial charge in [0.25, 0.3) is 5.56 Å². The highest BCUT2D eigenvalue weighted by Gasteiger charge is 2.41. The second-order valence-electron chi connectivity index (χ2n) is 8.02. The van der Waals surface area contributed by atoms with Crippen molar-refractivity contribution in [2.45, 2.75) is 31.3 Å². The SMILES string of the molecule is COc1ccc(Cn2nc(N3C[C@H](Oc4ccccc4)C[C@H]3C(=O)O)cc(C(F)(F)F)c2=O)cc1. The zero-order chi connectivity index (χ0) is 25.2. The fraction of sp³-hybridized carbons (Fsp3) is 0.292. The van der Waals surface area contributed by atoms with Gasteiger partial charge in [-0.25, -0.2) is 9.48 Å². The van der Waals surface area contributed by atoms with Crippen LogP contribution in [0.4, 0.5) is 19.0 Å². The summed E-state index contributed by atoms with van der Waals surface area (Å²) in [7, 11) is 1.48. The molecule has 0 unspecified atom stereocenters. The Balaban J connectivity index is 1.70. The number of methoxy groups -OCH3 is 1. The number of halogens is 3. The number of rotatable bonds is 7. The first-order valence-corrected chi connectivity index (χ1v) is 10.7. The summed E-state index contributed by atoms with van der Waals surface area (Å²) in [6.45, 7) is -0.258. The van der Waals surface area contributed by atoms with Gasteiger partial charge in [-0.05, 0) is 29.8 Å². The van der Waals surface area contributed by atoms with Gasteiger partial charge in [0.15, 0.2) is 5.82 Å². The highest BCUT2D eigenvalue weighted by molar-refractivity contribution is 5.78. The normalized spacial score (nSPS) is 17.9. The number of carboxylic acids is 1. The smallest absolute Gasteiger partial charge is 0.421 e. The molecule has 8 nitrogen and oxygen atoms in total. The molecule has 1 fully saturated rings. The maximum Gasteiger partial charge on any atom is 0.421 e. The van der Waals surface area contributed by atoms with Crippen molar-refractivity contribution in [2.75, 3.05) is 18.6 Å². The van der Waals surface area contributed by atoms with E-state index in [2.05, 4.69) is 5.10 Å². The van der Waals surface area contributed by atoms with Crippen LogP contribution < -0.4 is 19.9 Å². The minimum atomic E-state index is -4.95. The zero-order valence-corrected chi connectivity index (χ0v) is 18.6. The topological polar surface area (TPSA) is 93.9 Å². The Morgan fingerprint density at radius 2 is 1.80 bits per heavy atom. The van der Waals surface area contributed by atoms with Crippen LogP contribution in [0.15, 0.2) is 65.5 Å². The van der Waals surface area contributed by atoms with Gasteiger partial charge < -0.3 is 19.5 Å². The summed E-state index contributed by atoms with van der Waals surface area (Å²) >= 11 is 0. The molecule has 184 valence electrons. The van der Waals surface area contributed by atoms with Gasteiger partial charge in [0, 0.05) is 12.5 Å². The number of hydrogen-bond donors (Lipinski definition) is 1. The number of benzene rings is 2. The molecule has 35 heavy (non-hydrogen) atoms. The second kappa shape index (κ2) is 9.69. The monoisotopic (exact) mass is 489 g/mol. The fourth-order valence-corrected chi connectivity index (χ4v) is 3.94. The van der Waals surface area contributed by atoms with E-state index in [1.807, 2.05) is 0 Å². The lowest BCUT2D eigenvalue weighted by Gasteiger charge is -2.24. The van der Waals surface area contributed by atoms with Crippen molar-refractivity contribution in [1.82, 2.24) is 9.78 Å². The highest BCUT2D eigenvalue weighted by atomic mass is 19.4. The molecule has 1 saturated heterocycles. The summed E-state index contributed by atoms with van der Waals surface area (Å²) in [5, 5.41) is 13.9. The number of ether oxygens (including phenoxy) is 2. The molecule has 1 aromatic heterocycles. The van der Waals surface area contributed by atoms with Crippen molar-refractivity contribution in [3.63, 3.8) is 0 Å². The highest BCUT2D eigenvalue weighted by Crippen LogP contribution is 2.32. The Morgan fingerprint density at radius 1 is 1.11 bits per heavy atom. The average Bonchev–Trinajstić information content (AvgIpc) is 3.25. The van der Waals surface area contributed by atoms with Crippen LogP contribution >= 0.6 is 0 Å². The summed E-state index contributed by atoms with van der Waals surface area (Å²) < 4.78 is 52.8. The largest absolute Gasteiger partial charge is 0.497 e. The molecule has 2 heterocycles. The molecule has 11 heteroatoms. The standard InChI is InChI=1S/C24H22F3N3O5/c1-34-16-9-7-15(8-10-16)13-30-22(31)19(24(25,26)27)12-21(28-30)29-14-18(11-20(29)23(32)33)35-17-5-3-2-4-6-17/h2-10,12,18,20H,11,13-14H2,1H3,(H,32,33)/t18-,20+/m1/s1. The number of aromatic nitrogens is 2. The number of carbonyl (C=O) groups is 1. The van der Waals surface area contributed by atoms with Gasteiger partial charge in [-0.1, -0.05) is 30.3 Å². The number of nitrogens with zero attached hydrogens (tertiary/aromatic N) is 3. The molecule has 1 N–H and O–H groups in total. The van der Waals surface area contributed by atoms with E-state index in [-0.39, 0.29) is 25.3 Å². The maximum absolute atomic E-state index is 13.7. The molecule has 0 aliphatic carbocycles. The lowest BCUT2D eigenvalue weighted by atomic mass is 10.2. The first-order chi connectivity index (χ1) is 16.7. The summed E-state index contributed by atoms with van der Waals surface area (Å²) in [4.78, 5) is 25.8. The minimum absolute atomic E-state index is 0.0170. The number of anilines is 1. The van der Waals surface area contributed by atoms with E-state index in [1.54, 1.807) is 54.6 Å². The van der Waals surface area contributed by atoms with E-state index >= 15 is 0 Å². The third-order valence-electron chi connectivity index (χ3n) is 5.65. The van der Waals surface area contributed by atoms with Crippen molar-refractivity contribution in [3.05, 3.63) is 82.1 Å². The van der Waals surface area contributed by atoms with Gasteiger partial charge in [-0.2, -0.15) is 18.3 Å². The number of aliphatic carboxylic acids is 1. The van der Waals surface area contributed by atoms with Crippen LogP contribution in [0, 0.1) is 0 Å². The van der Waals surface area contributed by atoms with Crippen LogP contribution in [0.25, 0.3) is 0 Å². The summed E-state index contributed by atoms with van der Waals surface area (Å²) in [5.74, 6) is -0.439. The Hall–Kier alpha value is -4.02. The van der Waals surface area contributed by atoms with E-state index in [1.165, 1.54) is 12.0 Å². The molecule has 0 radical (unpaired) electrons. The van der Waals surface area contributed by atoms with Crippen LogP contribution in [-0.2, 0) is 17.5 Å². The molecule has 1 aliphatic rings. The maximum atomic E-state index is 13.7. The number of alkyl halides is 3. The fourth-order valence-electron chi connectivity index (χ4n) is 3.94. The average molecular weight is 489 g/mol. The van der Waals surface area contributed by atoms with E-state index in [4.69, 9.17) is 9.47 Å². The van der Waals surface area contributed by atoms with Crippen molar-refractivity contribution in [1.29, 1.82) is 0 Å². The summed E-state index contributed by atoms with van der Waals surface area (Å²) in [6, 6.07) is 14.6. The third-order valence-corrected chi connectivity index (χ3v) is 5.65. The lowest BCUT2D eigenvalue weighted by Crippen LogP contribution is -2.39. The number of para-hydroxylation sites is 1. The molecule has 1 aliphatic heterocycles. The van der Waals surface area contributed by atoms with Crippen molar-refractivity contribution in [3.8, 4) is 11.5 Å². The molecule has 2 aromatic carbocycles. The van der Waals surface area contributed by atoms with Gasteiger partial charge in [-0.3, -0.25) is 4.79 Å². The molecule has 2 atom stereocenters. The molecule has 4 rings (SSSR count). The number of hydrogen-bond acceptors (Lipinski definition) is 6. The molecule has 0 spiro atoms. The third kappa shape index (κ3) is 5.39. The van der Waals surface area contributed by atoms with Crippen molar-refractivity contribution >= 4 is 11.8 Å². The van der Waals surface area contributed by atoms with Gasteiger partial charge in [0.05, 0.1) is 20.2 Å². The molecule has 0 saturated carbocycles. The molecular formula is C24H22F3N3O5.